The predicted octanol–water partition coefficient (Wildman–Crippen LogP) is 3.72. The van der Waals surface area contributed by atoms with Crippen LogP contribution >= 0.6 is 11.3 Å². The van der Waals surface area contributed by atoms with Crippen molar-refractivity contribution in [3.05, 3.63) is 57.2 Å². The fourth-order valence-electron chi connectivity index (χ4n) is 2.65. The summed E-state index contributed by atoms with van der Waals surface area (Å²) >= 11 is 1.18. The van der Waals surface area contributed by atoms with E-state index < -0.39 is 17.6 Å². The standard InChI is InChI=1S/C18H17F2N3O2S/c1-10-12(11(2)23(3)22-10)7-17(24)25-8-16-21-15(9-26-16)18-13(19)5-4-6-14(18)20/h4-6,9H,7-8H2,1-3H3. The summed E-state index contributed by atoms with van der Waals surface area (Å²) in [6.07, 6.45) is 0.117. The molecular weight excluding hydrogens is 360 g/mol. The number of hydrogen-bond donors (Lipinski definition) is 0. The van der Waals surface area contributed by atoms with Crippen LogP contribution in [0.25, 0.3) is 11.3 Å². The molecule has 0 saturated heterocycles. The lowest BCUT2D eigenvalue weighted by Crippen LogP contribution is -2.09. The summed E-state index contributed by atoms with van der Waals surface area (Å²) < 4.78 is 34.6. The maximum Gasteiger partial charge on any atom is 0.310 e. The summed E-state index contributed by atoms with van der Waals surface area (Å²) in [4.78, 5) is 16.2. The van der Waals surface area contributed by atoms with E-state index in [0.717, 1.165) is 17.0 Å². The Bertz CT molecular complexity index is 945. The van der Waals surface area contributed by atoms with Crippen molar-refractivity contribution in [3.63, 3.8) is 0 Å². The van der Waals surface area contributed by atoms with Crippen molar-refractivity contribution in [1.29, 1.82) is 0 Å². The average Bonchev–Trinajstić information content (AvgIpc) is 3.13. The van der Waals surface area contributed by atoms with Crippen molar-refractivity contribution < 1.29 is 18.3 Å². The molecule has 0 saturated carbocycles. The van der Waals surface area contributed by atoms with Crippen LogP contribution in [0.2, 0.25) is 0 Å². The number of hydrogen-bond acceptors (Lipinski definition) is 5. The molecule has 0 aliphatic rings. The molecule has 5 nitrogen and oxygen atoms in total. The van der Waals surface area contributed by atoms with Crippen LogP contribution in [-0.4, -0.2) is 20.7 Å². The molecule has 2 heterocycles. The van der Waals surface area contributed by atoms with Gasteiger partial charge in [0.1, 0.15) is 23.2 Å². The molecule has 3 rings (SSSR count). The van der Waals surface area contributed by atoms with Crippen molar-refractivity contribution in [1.82, 2.24) is 14.8 Å². The maximum absolute atomic E-state index is 13.8. The molecule has 0 radical (unpaired) electrons. The Hall–Kier alpha value is -2.61. The summed E-state index contributed by atoms with van der Waals surface area (Å²) in [6, 6.07) is 3.65. The summed E-state index contributed by atoms with van der Waals surface area (Å²) in [5, 5.41) is 6.27. The van der Waals surface area contributed by atoms with Crippen LogP contribution in [0.1, 0.15) is 22.0 Å². The van der Waals surface area contributed by atoms with Gasteiger partial charge in [-0.05, 0) is 26.0 Å². The molecule has 0 fully saturated rings. The van der Waals surface area contributed by atoms with Crippen molar-refractivity contribution in [3.8, 4) is 11.3 Å². The first-order valence-corrected chi connectivity index (χ1v) is 8.78. The van der Waals surface area contributed by atoms with Crippen LogP contribution in [0.5, 0.6) is 0 Å². The minimum atomic E-state index is -0.679. The van der Waals surface area contributed by atoms with Crippen LogP contribution in [0, 0.1) is 25.5 Å². The highest BCUT2D eigenvalue weighted by Crippen LogP contribution is 2.27. The summed E-state index contributed by atoms with van der Waals surface area (Å²) in [6.45, 7) is 3.68. The largest absolute Gasteiger partial charge is 0.458 e. The molecule has 8 heteroatoms. The summed E-state index contributed by atoms with van der Waals surface area (Å²) in [5.41, 5.74) is 2.55. The van der Waals surface area contributed by atoms with E-state index in [9.17, 15) is 13.6 Å². The number of carbonyl (C=O) groups is 1. The third-order valence-electron chi connectivity index (χ3n) is 4.11. The zero-order chi connectivity index (χ0) is 18.8. The van der Waals surface area contributed by atoms with Gasteiger partial charge < -0.3 is 4.74 Å². The number of aromatic nitrogens is 3. The van der Waals surface area contributed by atoms with Gasteiger partial charge in [-0.1, -0.05) is 6.07 Å². The summed E-state index contributed by atoms with van der Waals surface area (Å²) in [5.74, 6) is -1.76. The van der Waals surface area contributed by atoms with Gasteiger partial charge >= 0.3 is 5.97 Å². The third-order valence-corrected chi connectivity index (χ3v) is 4.93. The normalized spacial score (nSPS) is 11.0. The Balaban J connectivity index is 1.66. The fraction of sp³-hybridized carbons (Fsp3) is 0.278. The zero-order valence-electron chi connectivity index (χ0n) is 14.5. The first-order valence-electron chi connectivity index (χ1n) is 7.90. The molecule has 0 aliphatic heterocycles. The highest BCUT2D eigenvalue weighted by Gasteiger charge is 2.17. The molecule has 0 amide bonds. The van der Waals surface area contributed by atoms with Crippen molar-refractivity contribution in [2.24, 2.45) is 7.05 Å². The lowest BCUT2D eigenvalue weighted by molar-refractivity contribution is -0.144. The van der Waals surface area contributed by atoms with Crippen LogP contribution < -0.4 is 0 Å². The fourth-order valence-corrected chi connectivity index (χ4v) is 3.34. The molecule has 0 spiro atoms. The van der Waals surface area contributed by atoms with E-state index in [0.29, 0.717) is 5.01 Å². The maximum atomic E-state index is 13.8. The number of aryl methyl sites for hydroxylation is 2. The first kappa shape index (κ1) is 18.2. The number of rotatable bonds is 5. The van der Waals surface area contributed by atoms with Gasteiger partial charge in [-0.25, -0.2) is 13.8 Å². The third kappa shape index (κ3) is 3.65. The summed E-state index contributed by atoms with van der Waals surface area (Å²) in [7, 11) is 1.82. The highest BCUT2D eigenvalue weighted by molar-refractivity contribution is 7.09. The number of halogens is 2. The van der Waals surface area contributed by atoms with Gasteiger partial charge in [0.2, 0.25) is 0 Å². The molecule has 136 valence electrons. The van der Waals surface area contributed by atoms with Gasteiger partial charge in [0.25, 0.3) is 0 Å². The second-order valence-corrected chi connectivity index (χ2v) is 6.78. The predicted molar refractivity (Wildman–Crippen MR) is 93.6 cm³/mol. The minimum absolute atomic E-state index is 0.0437. The van der Waals surface area contributed by atoms with E-state index in [1.807, 2.05) is 20.9 Å². The quantitative estimate of drug-likeness (QED) is 0.636. The molecule has 3 aromatic rings. The molecule has 0 N–H and O–H groups in total. The Morgan fingerprint density at radius 2 is 1.96 bits per heavy atom. The van der Waals surface area contributed by atoms with E-state index in [4.69, 9.17) is 4.74 Å². The molecule has 0 atom stereocenters. The highest BCUT2D eigenvalue weighted by atomic mass is 32.1. The van der Waals surface area contributed by atoms with Crippen molar-refractivity contribution in [2.75, 3.05) is 0 Å². The van der Waals surface area contributed by atoms with Gasteiger partial charge in [-0.3, -0.25) is 9.48 Å². The Kier molecular flexibility index (Phi) is 5.13. The smallest absolute Gasteiger partial charge is 0.310 e. The minimum Gasteiger partial charge on any atom is -0.458 e. The topological polar surface area (TPSA) is 57.0 Å². The van der Waals surface area contributed by atoms with E-state index in [1.165, 1.54) is 29.5 Å². The zero-order valence-corrected chi connectivity index (χ0v) is 15.4. The van der Waals surface area contributed by atoms with Gasteiger partial charge in [-0.15, -0.1) is 11.3 Å². The van der Waals surface area contributed by atoms with Crippen LogP contribution in [0.4, 0.5) is 8.78 Å². The number of ether oxygens (including phenoxy) is 1. The lowest BCUT2D eigenvalue weighted by atomic mass is 10.1. The number of thiazole rings is 1. The van der Waals surface area contributed by atoms with Crippen molar-refractivity contribution in [2.45, 2.75) is 26.9 Å². The number of carbonyl (C=O) groups excluding carboxylic acids is 1. The lowest BCUT2D eigenvalue weighted by Gasteiger charge is -2.04. The monoisotopic (exact) mass is 377 g/mol. The SMILES string of the molecule is Cc1nn(C)c(C)c1CC(=O)OCc1nc(-c2c(F)cccc2F)cs1. The Labute approximate surface area is 153 Å². The first-order chi connectivity index (χ1) is 12.4. The van der Waals surface area contributed by atoms with Crippen LogP contribution in [0.3, 0.4) is 0 Å². The van der Waals surface area contributed by atoms with Crippen molar-refractivity contribution >= 4 is 17.3 Å². The molecule has 0 bridgehead atoms. The van der Waals surface area contributed by atoms with Gasteiger partial charge in [0, 0.05) is 23.7 Å². The second-order valence-electron chi connectivity index (χ2n) is 5.83. The van der Waals surface area contributed by atoms with Gasteiger partial charge in [0.05, 0.1) is 23.4 Å². The molecule has 2 aromatic heterocycles. The molecule has 26 heavy (non-hydrogen) atoms. The molecule has 0 unspecified atom stereocenters. The van der Waals surface area contributed by atoms with E-state index in [2.05, 4.69) is 10.1 Å². The average molecular weight is 377 g/mol. The second kappa shape index (κ2) is 7.33. The number of benzene rings is 1. The molecular formula is C18H17F2N3O2S. The number of nitrogens with zero attached hydrogens (tertiary/aromatic N) is 3. The van der Waals surface area contributed by atoms with Gasteiger partial charge in [0.15, 0.2) is 0 Å². The van der Waals surface area contributed by atoms with E-state index >= 15 is 0 Å². The molecule has 1 aromatic carbocycles. The Morgan fingerprint density at radius 1 is 1.27 bits per heavy atom. The molecule has 0 aliphatic carbocycles. The van der Waals surface area contributed by atoms with Gasteiger partial charge in [-0.2, -0.15) is 5.10 Å². The van der Waals surface area contributed by atoms with Crippen LogP contribution in [0.15, 0.2) is 23.6 Å². The Morgan fingerprint density at radius 3 is 2.58 bits per heavy atom. The number of esters is 1. The van der Waals surface area contributed by atoms with E-state index in [-0.39, 0.29) is 24.3 Å². The van der Waals surface area contributed by atoms with E-state index in [1.54, 1.807) is 10.1 Å². The van der Waals surface area contributed by atoms with Crippen LogP contribution in [-0.2, 0) is 29.6 Å².